The van der Waals surface area contributed by atoms with Crippen molar-refractivity contribution in [3.05, 3.63) is 70.5 Å². The van der Waals surface area contributed by atoms with Crippen molar-refractivity contribution in [2.45, 2.75) is 11.8 Å². The molecule has 3 aromatic rings. The highest BCUT2D eigenvalue weighted by molar-refractivity contribution is 9.10. The number of nitrogens with one attached hydrogen (secondary N) is 1. The maximum absolute atomic E-state index is 12.6. The van der Waals surface area contributed by atoms with Crippen LogP contribution in [0, 0.1) is 6.92 Å². The third kappa shape index (κ3) is 4.71. The van der Waals surface area contributed by atoms with Crippen LogP contribution in [0.15, 0.2) is 64.2 Å². The Balaban J connectivity index is 1.81. The molecule has 1 heterocycles. The van der Waals surface area contributed by atoms with Crippen molar-refractivity contribution in [3.63, 3.8) is 0 Å². The Labute approximate surface area is 170 Å². The molecular formula is C18H15BrN4O4S. The lowest BCUT2D eigenvalue weighted by molar-refractivity contribution is 0.102. The maximum Gasteiger partial charge on any atom is 0.321 e. The molecule has 2 aromatic carbocycles. The van der Waals surface area contributed by atoms with Gasteiger partial charge in [0.05, 0.1) is 10.5 Å². The molecule has 1 amide bonds. The second kappa shape index (κ2) is 8.05. The molecule has 0 unspecified atom stereocenters. The van der Waals surface area contributed by atoms with Crippen LogP contribution in [0.25, 0.3) is 0 Å². The van der Waals surface area contributed by atoms with Crippen molar-refractivity contribution in [1.29, 1.82) is 0 Å². The third-order valence-electron chi connectivity index (χ3n) is 3.71. The summed E-state index contributed by atoms with van der Waals surface area (Å²) in [5.74, 6) is 0.0274. The number of benzene rings is 2. The van der Waals surface area contributed by atoms with Crippen molar-refractivity contribution < 1.29 is 17.9 Å². The normalized spacial score (nSPS) is 11.1. The van der Waals surface area contributed by atoms with Crippen LogP contribution in [-0.4, -0.2) is 24.3 Å². The summed E-state index contributed by atoms with van der Waals surface area (Å²) < 4.78 is 29.0. The highest BCUT2D eigenvalue weighted by atomic mass is 79.9. The molecule has 0 aliphatic carbocycles. The van der Waals surface area contributed by atoms with E-state index in [0.29, 0.717) is 15.9 Å². The third-order valence-corrected chi connectivity index (χ3v) is 5.31. The van der Waals surface area contributed by atoms with Gasteiger partial charge in [-0.25, -0.2) is 23.5 Å². The van der Waals surface area contributed by atoms with Gasteiger partial charge in [0.15, 0.2) is 0 Å². The lowest BCUT2D eigenvalue weighted by Crippen LogP contribution is -2.16. The predicted molar refractivity (Wildman–Crippen MR) is 107 cm³/mol. The zero-order chi connectivity index (χ0) is 20.3. The first kappa shape index (κ1) is 19.9. The average Bonchev–Trinajstić information content (AvgIpc) is 2.64. The quantitative estimate of drug-likeness (QED) is 0.599. The highest BCUT2D eigenvalue weighted by Crippen LogP contribution is 2.26. The van der Waals surface area contributed by atoms with Crippen molar-refractivity contribution >= 4 is 37.5 Å². The minimum Gasteiger partial charge on any atom is -0.424 e. The summed E-state index contributed by atoms with van der Waals surface area (Å²) >= 11 is 3.25. The van der Waals surface area contributed by atoms with Gasteiger partial charge < -0.3 is 10.1 Å². The Morgan fingerprint density at radius 3 is 2.50 bits per heavy atom. The monoisotopic (exact) mass is 462 g/mol. The van der Waals surface area contributed by atoms with Gasteiger partial charge in [-0.05, 0) is 70.9 Å². The first-order valence-electron chi connectivity index (χ1n) is 7.93. The lowest BCUT2D eigenvalue weighted by Gasteiger charge is -2.12. The Kier molecular flexibility index (Phi) is 5.73. The fourth-order valence-corrected chi connectivity index (χ4v) is 3.29. The van der Waals surface area contributed by atoms with Crippen LogP contribution < -0.4 is 15.2 Å². The van der Waals surface area contributed by atoms with Crippen LogP contribution in [0.3, 0.4) is 0 Å². The zero-order valence-corrected chi connectivity index (χ0v) is 17.0. The number of primary sulfonamides is 1. The van der Waals surface area contributed by atoms with Crippen LogP contribution in [0.1, 0.15) is 15.9 Å². The number of halogens is 1. The second-order valence-corrected chi connectivity index (χ2v) is 8.17. The smallest absolute Gasteiger partial charge is 0.321 e. The summed E-state index contributed by atoms with van der Waals surface area (Å²) in [6.45, 7) is 1.80. The van der Waals surface area contributed by atoms with Gasteiger partial charge in [-0.2, -0.15) is 0 Å². The number of amides is 1. The number of hydrogen-bond acceptors (Lipinski definition) is 6. The van der Waals surface area contributed by atoms with E-state index in [1.165, 1.54) is 18.2 Å². The number of hydrogen-bond donors (Lipinski definition) is 2. The largest absolute Gasteiger partial charge is 0.424 e. The van der Waals surface area contributed by atoms with Crippen LogP contribution >= 0.6 is 15.9 Å². The molecule has 28 heavy (non-hydrogen) atoms. The molecule has 0 bridgehead atoms. The van der Waals surface area contributed by atoms with Gasteiger partial charge in [0.1, 0.15) is 5.75 Å². The number of anilines is 1. The molecule has 1 aromatic heterocycles. The number of carbonyl (C=O) groups is 1. The van der Waals surface area contributed by atoms with Crippen molar-refractivity contribution in [3.8, 4) is 11.8 Å². The predicted octanol–water partition coefficient (Wildman–Crippen LogP) is 3.24. The second-order valence-electron chi connectivity index (χ2n) is 5.75. The van der Waals surface area contributed by atoms with Crippen molar-refractivity contribution in [1.82, 2.24) is 9.97 Å². The summed E-state index contributed by atoms with van der Waals surface area (Å²) in [4.78, 5) is 20.4. The molecule has 3 N–H and O–H groups in total. The van der Waals surface area contributed by atoms with Gasteiger partial charge in [-0.1, -0.05) is 0 Å². The summed E-state index contributed by atoms with van der Waals surface area (Å²) in [6.07, 6.45) is 3.13. The van der Waals surface area contributed by atoms with Gasteiger partial charge in [-0.15, -0.1) is 0 Å². The molecule has 0 aliphatic rings. The average molecular weight is 463 g/mol. The Morgan fingerprint density at radius 2 is 1.86 bits per heavy atom. The lowest BCUT2D eigenvalue weighted by atomic mass is 10.1. The van der Waals surface area contributed by atoms with Gasteiger partial charge in [0.2, 0.25) is 10.0 Å². The van der Waals surface area contributed by atoms with Crippen LogP contribution in [0.5, 0.6) is 11.8 Å². The molecule has 0 saturated carbocycles. The van der Waals surface area contributed by atoms with Gasteiger partial charge >= 0.3 is 6.01 Å². The highest BCUT2D eigenvalue weighted by Gasteiger charge is 2.16. The van der Waals surface area contributed by atoms with Gasteiger partial charge in [-0.3, -0.25) is 4.79 Å². The summed E-state index contributed by atoms with van der Waals surface area (Å²) in [6, 6.07) is 10.9. The van der Waals surface area contributed by atoms with E-state index in [1.54, 1.807) is 43.6 Å². The van der Waals surface area contributed by atoms with E-state index < -0.39 is 15.9 Å². The molecular weight excluding hydrogens is 448 g/mol. The molecule has 0 radical (unpaired) electrons. The number of carbonyl (C=O) groups excluding carboxylic acids is 1. The van der Waals surface area contributed by atoms with E-state index in [9.17, 15) is 13.2 Å². The minimum absolute atomic E-state index is 0.143. The molecule has 0 saturated heterocycles. The molecule has 0 spiro atoms. The van der Waals surface area contributed by atoms with Crippen LogP contribution in [-0.2, 0) is 10.0 Å². The fourth-order valence-electron chi connectivity index (χ4n) is 2.33. The minimum atomic E-state index is -3.92. The molecule has 0 aliphatic heterocycles. The Bertz CT molecular complexity index is 1140. The zero-order valence-electron chi connectivity index (χ0n) is 14.6. The van der Waals surface area contributed by atoms with E-state index in [4.69, 9.17) is 9.88 Å². The summed E-state index contributed by atoms with van der Waals surface area (Å²) in [5.41, 5.74) is 1.42. The molecule has 0 fully saturated rings. The van der Waals surface area contributed by atoms with Crippen molar-refractivity contribution in [2.24, 2.45) is 5.14 Å². The summed E-state index contributed by atoms with van der Waals surface area (Å²) in [5, 5.41) is 7.88. The van der Waals surface area contributed by atoms with Crippen molar-refractivity contribution in [2.75, 3.05) is 5.32 Å². The maximum atomic E-state index is 12.6. The first-order chi connectivity index (χ1) is 13.2. The van der Waals surface area contributed by atoms with E-state index in [2.05, 4.69) is 31.2 Å². The fraction of sp³-hybridized carbons (Fsp3) is 0.0556. The van der Waals surface area contributed by atoms with Gasteiger partial charge in [0.25, 0.3) is 5.91 Å². The summed E-state index contributed by atoms with van der Waals surface area (Å²) in [7, 11) is -3.92. The van der Waals surface area contributed by atoms with Gasteiger partial charge in [0, 0.05) is 22.6 Å². The topological polar surface area (TPSA) is 124 Å². The van der Waals surface area contributed by atoms with Crippen LogP contribution in [0.4, 0.5) is 5.69 Å². The molecule has 8 nitrogen and oxygen atoms in total. The number of nitrogens with two attached hydrogens (primary N) is 1. The Hall–Kier alpha value is -2.82. The number of aryl methyl sites for hydroxylation is 1. The number of aromatic nitrogens is 2. The first-order valence-corrected chi connectivity index (χ1v) is 10.3. The number of rotatable bonds is 5. The number of nitrogens with zero attached hydrogens (tertiary/aromatic N) is 2. The van der Waals surface area contributed by atoms with E-state index in [-0.39, 0.29) is 16.5 Å². The van der Waals surface area contributed by atoms with E-state index in [0.717, 1.165) is 5.56 Å². The molecule has 10 heteroatoms. The number of sulfonamides is 1. The van der Waals surface area contributed by atoms with Crippen LogP contribution in [0.2, 0.25) is 0 Å². The number of ether oxygens (including phenoxy) is 1. The molecule has 144 valence electrons. The Morgan fingerprint density at radius 1 is 1.14 bits per heavy atom. The van der Waals surface area contributed by atoms with E-state index >= 15 is 0 Å². The molecule has 3 rings (SSSR count). The van der Waals surface area contributed by atoms with E-state index in [1.807, 2.05) is 0 Å². The standard InChI is InChI=1S/C18H15BrN4O4S/c1-11-9-12(27-18-21-7-2-8-22-18)3-6-16(11)23-17(24)14-10-13(28(20,25)26)4-5-15(14)19/h2-10H,1H3,(H,23,24)(H2,20,25,26). The molecule has 0 atom stereocenters. The SMILES string of the molecule is Cc1cc(Oc2ncccn2)ccc1NC(=O)c1cc(S(N)(=O)=O)ccc1Br.